The van der Waals surface area contributed by atoms with Crippen LogP contribution >= 0.6 is 11.8 Å². The highest BCUT2D eigenvalue weighted by molar-refractivity contribution is 7.99. The number of carbonyl (C=O) groups excluding carboxylic acids is 1. The van der Waals surface area contributed by atoms with Gasteiger partial charge in [-0.15, -0.1) is 0 Å². The molecule has 0 saturated heterocycles. The number of nitrogens with zero attached hydrogens (tertiary/aromatic N) is 1. The number of rotatable bonds is 6. The summed E-state index contributed by atoms with van der Waals surface area (Å²) in [4.78, 5) is 17.5. The van der Waals surface area contributed by atoms with E-state index in [4.69, 9.17) is 28.4 Å². The van der Waals surface area contributed by atoms with Gasteiger partial charge in [-0.25, -0.2) is 4.79 Å². The van der Waals surface area contributed by atoms with Crippen molar-refractivity contribution in [3.05, 3.63) is 64.7 Å². The molecule has 9 heteroatoms. The molecule has 2 atom stereocenters. The Labute approximate surface area is 219 Å². The molecule has 0 N–H and O–H groups in total. The number of benzene rings is 3. The smallest absolute Gasteiger partial charge is 0.343 e. The SMILES string of the molecule is COc1ccc2c(c1OC)C(=O)O[C@@H]2[C@H]1c2c(c(Sc3ccccc3)c3c(c2OC)OCO3)CCN1C. The summed E-state index contributed by atoms with van der Waals surface area (Å²) >= 11 is 1.65. The van der Waals surface area contributed by atoms with Gasteiger partial charge in [-0.2, -0.15) is 0 Å². The molecule has 3 heterocycles. The minimum atomic E-state index is -0.574. The third kappa shape index (κ3) is 3.67. The molecular weight excluding hydrogens is 494 g/mol. The lowest BCUT2D eigenvalue weighted by Crippen LogP contribution is -2.36. The van der Waals surface area contributed by atoms with E-state index in [9.17, 15) is 4.79 Å². The minimum absolute atomic E-state index is 0.121. The van der Waals surface area contributed by atoms with Crippen LogP contribution < -0.4 is 23.7 Å². The third-order valence-electron chi connectivity index (χ3n) is 7.13. The number of esters is 1. The van der Waals surface area contributed by atoms with Crippen molar-refractivity contribution in [2.24, 2.45) is 0 Å². The molecule has 3 aromatic rings. The van der Waals surface area contributed by atoms with Crippen LogP contribution in [-0.4, -0.2) is 52.6 Å². The fourth-order valence-electron chi connectivity index (χ4n) is 5.50. The quantitative estimate of drug-likeness (QED) is 0.415. The Hall–Kier alpha value is -3.56. The Morgan fingerprint density at radius 2 is 1.70 bits per heavy atom. The van der Waals surface area contributed by atoms with Crippen molar-refractivity contribution in [3.63, 3.8) is 0 Å². The molecule has 0 radical (unpaired) electrons. The van der Waals surface area contributed by atoms with E-state index in [0.717, 1.165) is 39.4 Å². The molecule has 0 saturated carbocycles. The van der Waals surface area contributed by atoms with E-state index in [2.05, 4.69) is 17.0 Å². The second kappa shape index (κ2) is 9.39. The first-order valence-electron chi connectivity index (χ1n) is 12.0. The molecule has 192 valence electrons. The second-order valence-corrected chi connectivity index (χ2v) is 10.1. The summed E-state index contributed by atoms with van der Waals surface area (Å²) in [6.45, 7) is 0.884. The molecule has 3 aromatic carbocycles. The van der Waals surface area contributed by atoms with Crippen molar-refractivity contribution in [2.75, 3.05) is 41.7 Å². The van der Waals surface area contributed by atoms with Gasteiger partial charge in [0.25, 0.3) is 0 Å². The van der Waals surface area contributed by atoms with E-state index in [0.29, 0.717) is 34.3 Å². The summed E-state index contributed by atoms with van der Waals surface area (Å²) in [5, 5.41) is 0. The molecular formula is C28H27NO7S. The monoisotopic (exact) mass is 521 g/mol. The number of hydrogen-bond donors (Lipinski definition) is 0. The van der Waals surface area contributed by atoms with Crippen LogP contribution in [0.1, 0.15) is 39.2 Å². The number of ether oxygens (including phenoxy) is 6. The third-order valence-corrected chi connectivity index (χ3v) is 8.27. The maximum Gasteiger partial charge on any atom is 0.343 e. The van der Waals surface area contributed by atoms with Crippen molar-refractivity contribution in [1.29, 1.82) is 0 Å². The molecule has 0 spiro atoms. The Morgan fingerprint density at radius 1 is 0.946 bits per heavy atom. The van der Waals surface area contributed by atoms with Crippen LogP contribution in [0.15, 0.2) is 52.3 Å². The largest absolute Gasteiger partial charge is 0.493 e. The molecule has 0 amide bonds. The highest BCUT2D eigenvalue weighted by atomic mass is 32.2. The standard InChI is InChI=1S/C28H27NO7S/c1-29-13-12-17-19(21(29)22-16-10-11-18(31-2)23(32-3)20(16)28(30)36-22)24(33-4)25-26(35-14-34-25)27(17)37-15-8-6-5-7-9-15/h5-11,21-22H,12-14H2,1-4H3/t21-,22+/m1/s1. The average Bonchev–Trinajstić information content (AvgIpc) is 3.53. The van der Waals surface area contributed by atoms with Gasteiger partial charge >= 0.3 is 5.97 Å². The minimum Gasteiger partial charge on any atom is -0.493 e. The normalized spacial score (nSPS) is 19.7. The molecule has 3 aliphatic heterocycles. The zero-order valence-electron chi connectivity index (χ0n) is 21.0. The van der Waals surface area contributed by atoms with Crippen molar-refractivity contribution in [2.45, 2.75) is 28.4 Å². The van der Waals surface area contributed by atoms with E-state index in [1.54, 1.807) is 26.0 Å². The van der Waals surface area contributed by atoms with Gasteiger partial charge in [0.2, 0.25) is 12.5 Å². The second-order valence-electron chi connectivity index (χ2n) is 9.00. The van der Waals surface area contributed by atoms with Crippen LogP contribution in [0.2, 0.25) is 0 Å². The summed E-state index contributed by atoms with van der Waals surface area (Å²) in [6, 6.07) is 13.6. The van der Waals surface area contributed by atoms with Crippen LogP contribution in [0.25, 0.3) is 0 Å². The lowest BCUT2D eigenvalue weighted by Gasteiger charge is -2.39. The predicted octanol–water partition coefficient (Wildman–Crippen LogP) is 5.03. The molecule has 3 aliphatic rings. The van der Waals surface area contributed by atoms with Crippen LogP contribution in [-0.2, 0) is 11.2 Å². The van der Waals surface area contributed by atoms with Gasteiger partial charge in [0.1, 0.15) is 11.7 Å². The molecule has 0 unspecified atom stereocenters. The number of likely N-dealkylation sites (N-methyl/N-ethyl adjacent to an activating group) is 1. The summed E-state index contributed by atoms with van der Waals surface area (Å²) in [7, 11) is 6.74. The van der Waals surface area contributed by atoms with Gasteiger partial charge in [0.15, 0.2) is 23.0 Å². The topological polar surface area (TPSA) is 75.7 Å². The van der Waals surface area contributed by atoms with Crippen molar-refractivity contribution in [1.82, 2.24) is 4.90 Å². The van der Waals surface area contributed by atoms with Crippen LogP contribution in [0.3, 0.4) is 0 Å². The van der Waals surface area contributed by atoms with E-state index in [1.165, 1.54) is 7.11 Å². The fraction of sp³-hybridized carbons (Fsp3) is 0.321. The number of hydrogen-bond acceptors (Lipinski definition) is 9. The van der Waals surface area contributed by atoms with Crippen molar-refractivity contribution >= 4 is 17.7 Å². The lowest BCUT2D eigenvalue weighted by atomic mass is 9.85. The Kier molecular flexibility index (Phi) is 6.04. The summed E-state index contributed by atoms with van der Waals surface area (Å²) in [5.74, 6) is 2.32. The molecule has 0 aliphatic carbocycles. The molecule has 0 bridgehead atoms. The first-order valence-corrected chi connectivity index (χ1v) is 12.8. The van der Waals surface area contributed by atoms with Crippen LogP contribution in [0, 0.1) is 0 Å². The number of fused-ring (bicyclic) bond motifs is 3. The van der Waals surface area contributed by atoms with Gasteiger partial charge in [-0.3, -0.25) is 4.90 Å². The maximum atomic E-state index is 13.2. The van der Waals surface area contributed by atoms with Crippen LogP contribution in [0.4, 0.5) is 0 Å². The number of methoxy groups -OCH3 is 3. The van der Waals surface area contributed by atoms with Gasteiger partial charge in [0, 0.05) is 22.6 Å². The average molecular weight is 522 g/mol. The van der Waals surface area contributed by atoms with E-state index < -0.39 is 12.1 Å². The Balaban J connectivity index is 1.55. The zero-order valence-corrected chi connectivity index (χ0v) is 21.8. The molecule has 8 nitrogen and oxygen atoms in total. The Bertz CT molecular complexity index is 1380. The van der Waals surface area contributed by atoms with Crippen LogP contribution in [0.5, 0.6) is 28.7 Å². The van der Waals surface area contributed by atoms with Gasteiger partial charge in [-0.1, -0.05) is 36.0 Å². The number of carbonyl (C=O) groups is 1. The van der Waals surface area contributed by atoms with E-state index in [-0.39, 0.29) is 12.8 Å². The predicted molar refractivity (Wildman–Crippen MR) is 136 cm³/mol. The van der Waals surface area contributed by atoms with E-state index >= 15 is 0 Å². The van der Waals surface area contributed by atoms with E-state index in [1.807, 2.05) is 37.4 Å². The summed E-state index contributed by atoms with van der Waals surface area (Å²) < 4.78 is 35.0. The van der Waals surface area contributed by atoms with Crippen molar-refractivity contribution < 1.29 is 33.2 Å². The molecule has 37 heavy (non-hydrogen) atoms. The summed E-state index contributed by atoms with van der Waals surface area (Å²) in [6.07, 6.45) is 0.208. The highest BCUT2D eigenvalue weighted by Gasteiger charge is 2.47. The Morgan fingerprint density at radius 3 is 2.43 bits per heavy atom. The lowest BCUT2D eigenvalue weighted by molar-refractivity contribution is 0.00857. The molecule has 0 fully saturated rings. The van der Waals surface area contributed by atoms with Gasteiger partial charge in [-0.05, 0) is 37.2 Å². The number of cyclic esters (lactones) is 1. The van der Waals surface area contributed by atoms with Gasteiger partial charge in [0.05, 0.1) is 32.3 Å². The first-order chi connectivity index (χ1) is 18.1. The fourth-order valence-corrected chi connectivity index (χ4v) is 6.61. The zero-order chi connectivity index (χ0) is 25.7. The molecule has 6 rings (SSSR count). The van der Waals surface area contributed by atoms with Gasteiger partial charge < -0.3 is 28.4 Å². The highest BCUT2D eigenvalue weighted by Crippen LogP contribution is 2.59. The maximum absolute atomic E-state index is 13.2. The molecule has 0 aromatic heterocycles. The summed E-state index contributed by atoms with van der Waals surface area (Å²) in [5.41, 5.74) is 3.21. The van der Waals surface area contributed by atoms with Crippen molar-refractivity contribution in [3.8, 4) is 28.7 Å². The first kappa shape index (κ1) is 23.8.